The van der Waals surface area contributed by atoms with Crippen LogP contribution in [0, 0.1) is 5.92 Å². The average molecular weight is 402 g/mol. The van der Waals surface area contributed by atoms with Crippen LogP contribution in [-0.4, -0.2) is 74.2 Å². The molecule has 2 fully saturated rings. The highest BCUT2D eigenvalue weighted by atomic mass is 16.5. The number of piperazine rings is 1. The fraction of sp³-hybridized carbons (Fsp3) is 0.696. The van der Waals surface area contributed by atoms with Crippen molar-refractivity contribution in [2.75, 3.05) is 52.4 Å². The average Bonchev–Trinajstić information content (AvgIpc) is 3.59. The smallest absolute Gasteiger partial charge is 0.191 e. The van der Waals surface area contributed by atoms with Crippen LogP contribution in [0.5, 0.6) is 5.75 Å². The van der Waals surface area contributed by atoms with Crippen LogP contribution < -0.4 is 15.4 Å². The molecule has 3 rings (SSSR count). The SMILES string of the molecule is CCNC(=NCc1ccccc1OCC1CC1)NCC(C)N1CCN(CC)CC1. The van der Waals surface area contributed by atoms with Crippen molar-refractivity contribution in [3.05, 3.63) is 29.8 Å². The Labute approximate surface area is 176 Å². The van der Waals surface area contributed by atoms with Gasteiger partial charge in [-0.25, -0.2) is 4.99 Å². The van der Waals surface area contributed by atoms with Gasteiger partial charge >= 0.3 is 0 Å². The van der Waals surface area contributed by atoms with E-state index in [9.17, 15) is 0 Å². The molecular formula is C23H39N5O. The maximum absolute atomic E-state index is 6.03. The first-order valence-electron chi connectivity index (χ1n) is 11.4. The first kappa shape index (κ1) is 21.9. The van der Waals surface area contributed by atoms with Gasteiger partial charge in [0.2, 0.25) is 0 Å². The van der Waals surface area contributed by atoms with Crippen molar-refractivity contribution >= 4 is 5.96 Å². The molecule has 1 aliphatic heterocycles. The number of guanidine groups is 1. The molecule has 0 radical (unpaired) electrons. The summed E-state index contributed by atoms with van der Waals surface area (Å²) in [7, 11) is 0. The third-order valence-electron chi connectivity index (χ3n) is 5.94. The van der Waals surface area contributed by atoms with E-state index in [0.29, 0.717) is 12.6 Å². The molecule has 1 atom stereocenters. The molecule has 2 N–H and O–H groups in total. The van der Waals surface area contributed by atoms with Gasteiger partial charge in [0.1, 0.15) is 5.75 Å². The molecule has 162 valence electrons. The van der Waals surface area contributed by atoms with Gasteiger partial charge in [0, 0.05) is 50.9 Å². The van der Waals surface area contributed by atoms with Gasteiger partial charge in [0.15, 0.2) is 5.96 Å². The molecule has 1 saturated carbocycles. The van der Waals surface area contributed by atoms with Crippen molar-refractivity contribution in [3.63, 3.8) is 0 Å². The van der Waals surface area contributed by atoms with Gasteiger partial charge in [0.05, 0.1) is 13.2 Å². The van der Waals surface area contributed by atoms with E-state index in [-0.39, 0.29) is 0 Å². The molecule has 0 spiro atoms. The Morgan fingerprint density at radius 2 is 1.90 bits per heavy atom. The van der Waals surface area contributed by atoms with Gasteiger partial charge < -0.3 is 20.3 Å². The Hall–Kier alpha value is -1.79. The number of nitrogens with one attached hydrogen (secondary N) is 2. The van der Waals surface area contributed by atoms with Crippen molar-refractivity contribution in [1.29, 1.82) is 0 Å². The highest BCUT2D eigenvalue weighted by Crippen LogP contribution is 2.30. The number of nitrogens with zero attached hydrogens (tertiary/aromatic N) is 3. The lowest BCUT2D eigenvalue weighted by Gasteiger charge is -2.37. The Morgan fingerprint density at radius 1 is 1.14 bits per heavy atom. The van der Waals surface area contributed by atoms with Crippen LogP contribution in [0.15, 0.2) is 29.3 Å². The second kappa shape index (κ2) is 11.4. The predicted molar refractivity (Wildman–Crippen MR) is 121 cm³/mol. The highest BCUT2D eigenvalue weighted by Gasteiger charge is 2.22. The minimum absolute atomic E-state index is 0.493. The maximum Gasteiger partial charge on any atom is 0.191 e. The summed E-state index contributed by atoms with van der Waals surface area (Å²) >= 11 is 0. The van der Waals surface area contributed by atoms with E-state index in [1.807, 2.05) is 6.07 Å². The number of hydrogen-bond donors (Lipinski definition) is 2. The third-order valence-corrected chi connectivity index (χ3v) is 5.94. The summed E-state index contributed by atoms with van der Waals surface area (Å²) in [5.41, 5.74) is 1.15. The monoisotopic (exact) mass is 401 g/mol. The molecule has 1 unspecified atom stereocenters. The number of para-hydroxylation sites is 1. The van der Waals surface area contributed by atoms with E-state index in [4.69, 9.17) is 9.73 Å². The normalized spacial score (nSPS) is 19.8. The zero-order valence-corrected chi connectivity index (χ0v) is 18.5. The zero-order chi connectivity index (χ0) is 20.5. The van der Waals surface area contributed by atoms with Crippen molar-refractivity contribution in [3.8, 4) is 5.75 Å². The topological polar surface area (TPSA) is 52.1 Å². The number of likely N-dealkylation sites (N-methyl/N-ethyl adjacent to an activating group) is 1. The largest absolute Gasteiger partial charge is 0.493 e. The zero-order valence-electron chi connectivity index (χ0n) is 18.5. The molecule has 6 nitrogen and oxygen atoms in total. The number of ether oxygens (including phenoxy) is 1. The van der Waals surface area contributed by atoms with Crippen LogP contribution in [0.3, 0.4) is 0 Å². The summed E-state index contributed by atoms with van der Waals surface area (Å²) < 4.78 is 6.03. The number of benzene rings is 1. The molecule has 2 aliphatic rings. The van der Waals surface area contributed by atoms with E-state index in [0.717, 1.165) is 62.5 Å². The molecule has 0 aromatic heterocycles. The molecular weight excluding hydrogens is 362 g/mol. The van der Waals surface area contributed by atoms with Crippen LogP contribution in [0.2, 0.25) is 0 Å². The first-order valence-corrected chi connectivity index (χ1v) is 11.4. The van der Waals surface area contributed by atoms with Crippen LogP contribution in [-0.2, 0) is 6.54 Å². The van der Waals surface area contributed by atoms with Crippen LogP contribution in [0.1, 0.15) is 39.2 Å². The molecule has 29 heavy (non-hydrogen) atoms. The standard InChI is InChI=1S/C23H39N5O/c1-4-24-23(25-16-19(3)28-14-12-27(5-2)13-15-28)26-17-21-8-6-7-9-22(21)29-18-20-10-11-20/h6-9,19-20H,4-5,10-18H2,1-3H3,(H2,24,25,26). The molecule has 0 amide bonds. The first-order chi connectivity index (χ1) is 14.2. The fourth-order valence-electron chi connectivity index (χ4n) is 3.67. The van der Waals surface area contributed by atoms with Crippen LogP contribution in [0.25, 0.3) is 0 Å². The third kappa shape index (κ3) is 7.19. The lowest BCUT2D eigenvalue weighted by atomic mass is 10.2. The minimum atomic E-state index is 0.493. The molecule has 1 aromatic rings. The van der Waals surface area contributed by atoms with Gasteiger partial charge in [-0.05, 0) is 45.2 Å². The number of aliphatic imine (C=N–C) groups is 1. The molecule has 1 aromatic carbocycles. The minimum Gasteiger partial charge on any atom is -0.493 e. The van der Waals surface area contributed by atoms with Crippen molar-refractivity contribution < 1.29 is 4.74 Å². The molecule has 1 aliphatic carbocycles. The van der Waals surface area contributed by atoms with Gasteiger partial charge in [-0.3, -0.25) is 4.90 Å². The predicted octanol–water partition coefficient (Wildman–Crippen LogP) is 2.56. The molecule has 0 bridgehead atoms. The lowest BCUT2D eigenvalue weighted by Crippen LogP contribution is -2.53. The van der Waals surface area contributed by atoms with Crippen LogP contribution >= 0.6 is 0 Å². The fourth-order valence-corrected chi connectivity index (χ4v) is 3.67. The van der Waals surface area contributed by atoms with Gasteiger partial charge in [-0.15, -0.1) is 0 Å². The summed E-state index contributed by atoms with van der Waals surface area (Å²) in [5.74, 6) is 2.61. The van der Waals surface area contributed by atoms with Crippen molar-refractivity contribution in [2.45, 2.75) is 46.2 Å². The van der Waals surface area contributed by atoms with Gasteiger partial charge in [0.25, 0.3) is 0 Å². The summed E-state index contributed by atoms with van der Waals surface area (Å²) in [4.78, 5) is 9.91. The molecule has 6 heteroatoms. The quantitative estimate of drug-likeness (QED) is 0.466. The number of hydrogen-bond acceptors (Lipinski definition) is 4. The summed E-state index contributed by atoms with van der Waals surface area (Å²) in [6, 6.07) is 8.77. The Bertz CT molecular complexity index is 638. The lowest BCUT2D eigenvalue weighted by molar-refractivity contribution is 0.107. The summed E-state index contributed by atoms with van der Waals surface area (Å²) in [6.45, 7) is 15.7. The maximum atomic E-state index is 6.03. The second-order valence-corrected chi connectivity index (χ2v) is 8.26. The van der Waals surface area contributed by atoms with E-state index in [1.54, 1.807) is 0 Å². The van der Waals surface area contributed by atoms with E-state index < -0.39 is 0 Å². The summed E-state index contributed by atoms with van der Waals surface area (Å²) in [6.07, 6.45) is 2.61. The van der Waals surface area contributed by atoms with E-state index in [1.165, 1.54) is 25.9 Å². The number of rotatable bonds is 10. The van der Waals surface area contributed by atoms with Crippen LogP contribution in [0.4, 0.5) is 0 Å². The Balaban J connectivity index is 1.50. The Kier molecular flexibility index (Phi) is 8.62. The van der Waals surface area contributed by atoms with Crippen molar-refractivity contribution in [1.82, 2.24) is 20.4 Å². The molecule has 1 saturated heterocycles. The molecule has 1 heterocycles. The van der Waals surface area contributed by atoms with Gasteiger partial charge in [-0.2, -0.15) is 0 Å². The van der Waals surface area contributed by atoms with Gasteiger partial charge in [-0.1, -0.05) is 25.1 Å². The summed E-state index contributed by atoms with van der Waals surface area (Å²) in [5, 5.41) is 6.91. The van der Waals surface area contributed by atoms with E-state index in [2.05, 4.69) is 59.4 Å². The van der Waals surface area contributed by atoms with E-state index >= 15 is 0 Å². The Morgan fingerprint density at radius 3 is 2.59 bits per heavy atom. The highest BCUT2D eigenvalue weighted by molar-refractivity contribution is 5.79. The van der Waals surface area contributed by atoms with Crippen molar-refractivity contribution in [2.24, 2.45) is 10.9 Å². The second-order valence-electron chi connectivity index (χ2n) is 8.26.